The second-order valence-electron chi connectivity index (χ2n) is 4.83. The predicted octanol–water partition coefficient (Wildman–Crippen LogP) is 0.182. The van der Waals surface area contributed by atoms with E-state index in [9.17, 15) is 9.59 Å². The molecule has 1 atom stereocenters. The van der Waals surface area contributed by atoms with Crippen LogP contribution in [0.2, 0.25) is 0 Å². The number of carbonyl (C=O) groups excluding carboxylic acids is 2. The number of nitrogens with two attached hydrogens (primary N) is 1. The number of ether oxygens (including phenoxy) is 1. The van der Waals surface area contributed by atoms with E-state index < -0.39 is 17.6 Å². The van der Waals surface area contributed by atoms with Gasteiger partial charge >= 0.3 is 5.97 Å². The molecule has 1 saturated carbocycles. The summed E-state index contributed by atoms with van der Waals surface area (Å²) in [7, 11) is 1.32. The predicted molar refractivity (Wildman–Crippen MR) is 59.6 cm³/mol. The molecular weight excluding hydrogens is 208 g/mol. The summed E-state index contributed by atoms with van der Waals surface area (Å²) in [6.07, 6.45) is 1.94. The molecule has 0 aromatic carbocycles. The van der Waals surface area contributed by atoms with E-state index in [1.54, 1.807) is 0 Å². The van der Waals surface area contributed by atoms with Crippen molar-refractivity contribution in [3.8, 4) is 0 Å². The van der Waals surface area contributed by atoms with Crippen molar-refractivity contribution in [3.05, 3.63) is 0 Å². The number of hydrogen-bond donors (Lipinski definition) is 2. The Morgan fingerprint density at radius 1 is 1.44 bits per heavy atom. The Hall–Kier alpha value is -1.10. The van der Waals surface area contributed by atoms with Crippen LogP contribution in [-0.4, -0.2) is 30.6 Å². The monoisotopic (exact) mass is 228 g/mol. The first-order valence-corrected chi connectivity index (χ1v) is 5.56. The van der Waals surface area contributed by atoms with Crippen molar-refractivity contribution in [1.29, 1.82) is 0 Å². The van der Waals surface area contributed by atoms with Crippen molar-refractivity contribution in [2.45, 2.75) is 44.7 Å². The van der Waals surface area contributed by atoms with Gasteiger partial charge in [0.2, 0.25) is 5.91 Å². The molecule has 1 amide bonds. The zero-order chi connectivity index (χ0) is 12.3. The zero-order valence-corrected chi connectivity index (χ0v) is 10.1. The van der Waals surface area contributed by atoms with Crippen molar-refractivity contribution >= 4 is 11.9 Å². The third-order valence-corrected chi connectivity index (χ3v) is 2.74. The molecule has 0 aromatic rings. The van der Waals surface area contributed by atoms with Gasteiger partial charge in [0.15, 0.2) is 0 Å². The number of esters is 1. The fourth-order valence-corrected chi connectivity index (χ4v) is 1.49. The summed E-state index contributed by atoms with van der Waals surface area (Å²) in [4.78, 5) is 23.1. The highest BCUT2D eigenvalue weighted by atomic mass is 16.5. The van der Waals surface area contributed by atoms with Crippen LogP contribution in [0.3, 0.4) is 0 Å². The molecule has 0 saturated heterocycles. The maximum absolute atomic E-state index is 11.7. The number of carbonyl (C=O) groups is 2. The highest BCUT2D eigenvalue weighted by molar-refractivity contribution is 5.92. The van der Waals surface area contributed by atoms with Gasteiger partial charge in [-0.2, -0.15) is 0 Å². The maximum atomic E-state index is 11.7. The number of nitrogens with one attached hydrogen (secondary N) is 1. The van der Waals surface area contributed by atoms with Crippen LogP contribution in [0, 0.1) is 5.92 Å². The lowest BCUT2D eigenvalue weighted by Crippen LogP contribution is -2.50. The third-order valence-electron chi connectivity index (χ3n) is 2.74. The first-order valence-electron chi connectivity index (χ1n) is 5.56. The van der Waals surface area contributed by atoms with Gasteiger partial charge in [0, 0.05) is 0 Å². The Balaban J connectivity index is 2.56. The molecule has 0 aromatic heterocycles. The highest BCUT2D eigenvalue weighted by Crippen LogP contribution is 2.32. The molecule has 5 heteroatoms. The van der Waals surface area contributed by atoms with Crippen molar-refractivity contribution in [3.63, 3.8) is 0 Å². The van der Waals surface area contributed by atoms with E-state index in [4.69, 9.17) is 5.73 Å². The summed E-state index contributed by atoms with van der Waals surface area (Å²) in [5.41, 5.74) is 5.00. The van der Waals surface area contributed by atoms with Gasteiger partial charge in [-0.25, -0.2) is 4.79 Å². The van der Waals surface area contributed by atoms with Gasteiger partial charge in [0.05, 0.1) is 12.6 Å². The largest absolute Gasteiger partial charge is 0.467 e. The molecule has 1 fully saturated rings. The number of rotatable bonds is 5. The molecule has 1 aliphatic carbocycles. The molecule has 0 unspecified atom stereocenters. The fraction of sp³-hybridized carbons (Fsp3) is 0.818. The first-order chi connectivity index (χ1) is 7.39. The molecule has 1 rings (SSSR count). The highest BCUT2D eigenvalue weighted by Gasteiger charge is 2.47. The average Bonchev–Trinajstić information content (AvgIpc) is 2.95. The van der Waals surface area contributed by atoms with Gasteiger partial charge in [-0.3, -0.25) is 4.79 Å². The van der Waals surface area contributed by atoms with Gasteiger partial charge in [0.25, 0.3) is 0 Å². The normalized spacial score (nSPS) is 19.1. The zero-order valence-electron chi connectivity index (χ0n) is 10.1. The van der Waals surface area contributed by atoms with Crippen LogP contribution in [-0.2, 0) is 14.3 Å². The quantitative estimate of drug-likeness (QED) is 0.658. The summed E-state index contributed by atoms with van der Waals surface area (Å²) in [5.74, 6) is -0.354. The van der Waals surface area contributed by atoms with Crippen molar-refractivity contribution in [2.24, 2.45) is 11.7 Å². The number of amides is 1. The molecule has 0 radical (unpaired) electrons. The Morgan fingerprint density at radius 2 is 2.00 bits per heavy atom. The van der Waals surface area contributed by atoms with E-state index in [1.165, 1.54) is 7.11 Å². The standard InChI is InChI=1S/C11H20N2O3/c1-7(2)6-8(9(14)16-3)13-10(15)11(12)4-5-11/h7-8H,4-6,12H2,1-3H3,(H,13,15)/t8-/m0/s1. The summed E-state index contributed by atoms with van der Waals surface area (Å²) >= 11 is 0. The van der Waals surface area contributed by atoms with Gasteiger partial charge in [-0.1, -0.05) is 13.8 Å². The average molecular weight is 228 g/mol. The molecule has 0 bridgehead atoms. The number of hydrogen-bond acceptors (Lipinski definition) is 4. The van der Waals surface area contributed by atoms with Crippen LogP contribution >= 0.6 is 0 Å². The summed E-state index contributed by atoms with van der Waals surface area (Å²) in [5, 5.41) is 2.66. The van der Waals surface area contributed by atoms with Crippen LogP contribution < -0.4 is 11.1 Å². The van der Waals surface area contributed by atoms with E-state index in [0.717, 1.165) is 0 Å². The van der Waals surface area contributed by atoms with E-state index in [-0.39, 0.29) is 5.91 Å². The van der Waals surface area contributed by atoms with E-state index in [0.29, 0.717) is 25.2 Å². The van der Waals surface area contributed by atoms with E-state index in [2.05, 4.69) is 10.1 Å². The van der Waals surface area contributed by atoms with Crippen LogP contribution in [0.4, 0.5) is 0 Å². The summed E-state index contributed by atoms with van der Waals surface area (Å²) in [6.45, 7) is 3.97. The Labute approximate surface area is 95.7 Å². The molecule has 3 N–H and O–H groups in total. The fourth-order valence-electron chi connectivity index (χ4n) is 1.49. The lowest BCUT2D eigenvalue weighted by Gasteiger charge is -2.20. The first kappa shape index (κ1) is 13.0. The van der Waals surface area contributed by atoms with E-state index in [1.807, 2.05) is 13.8 Å². The lowest BCUT2D eigenvalue weighted by molar-refractivity contribution is -0.145. The van der Waals surface area contributed by atoms with Crippen molar-refractivity contribution < 1.29 is 14.3 Å². The van der Waals surface area contributed by atoms with Crippen molar-refractivity contribution in [1.82, 2.24) is 5.32 Å². The third kappa shape index (κ3) is 3.20. The smallest absolute Gasteiger partial charge is 0.328 e. The lowest BCUT2D eigenvalue weighted by atomic mass is 10.0. The molecular formula is C11H20N2O3. The van der Waals surface area contributed by atoms with Crippen LogP contribution in [0.5, 0.6) is 0 Å². The molecule has 5 nitrogen and oxygen atoms in total. The molecule has 16 heavy (non-hydrogen) atoms. The van der Waals surface area contributed by atoms with Gasteiger partial charge < -0.3 is 15.8 Å². The van der Waals surface area contributed by atoms with Crippen LogP contribution in [0.25, 0.3) is 0 Å². The molecule has 1 aliphatic rings. The minimum Gasteiger partial charge on any atom is -0.467 e. The summed E-state index contributed by atoms with van der Waals surface area (Å²) < 4.78 is 4.65. The second kappa shape index (κ2) is 4.82. The van der Waals surface area contributed by atoms with Gasteiger partial charge in [-0.05, 0) is 25.2 Å². The van der Waals surface area contributed by atoms with Gasteiger partial charge in [0.1, 0.15) is 6.04 Å². The Morgan fingerprint density at radius 3 is 2.38 bits per heavy atom. The Kier molecular flexibility index (Phi) is 3.91. The SMILES string of the molecule is COC(=O)[C@H](CC(C)C)NC(=O)C1(N)CC1. The summed E-state index contributed by atoms with van der Waals surface area (Å²) in [6, 6.07) is -0.585. The molecule has 92 valence electrons. The van der Waals surface area contributed by atoms with Crippen LogP contribution in [0.15, 0.2) is 0 Å². The maximum Gasteiger partial charge on any atom is 0.328 e. The molecule has 0 heterocycles. The van der Waals surface area contributed by atoms with E-state index >= 15 is 0 Å². The van der Waals surface area contributed by atoms with Crippen LogP contribution in [0.1, 0.15) is 33.1 Å². The Bertz CT molecular complexity index is 285. The van der Waals surface area contributed by atoms with Gasteiger partial charge in [-0.15, -0.1) is 0 Å². The number of methoxy groups -OCH3 is 1. The second-order valence-corrected chi connectivity index (χ2v) is 4.83. The topological polar surface area (TPSA) is 81.4 Å². The minimum absolute atomic E-state index is 0.247. The molecule has 0 aliphatic heterocycles. The minimum atomic E-state index is -0.747. The molecule has 0 spiro atoms. The van der Waals surface area contributed by atoms with Crippen molar-refractivity contribution in [2.75, 3.05) is 7.11 Å².